The van der Waals surface area contributed by atoms with Crippen LogP contribution in [0.25, 0.3) is 11.0 Å². The monoisotopic (exact) mass is 271 g/mol. The molecule has 0 atom stereocenters. The molecule has 0 radical (unpaired) electrons. The van der Waals surface area contributed by atoms with Gasteiger partial charge in [0.05, 0.1) is 11.0 Å². The van der Waals surface area contributed by atoms with Gasteiger partial charge in [0.25, 0.3) is 0 Å². The Morgan fingerprint density at radius 2 is 2.05 bits per heavy atom. The van der Waals surface area contributed by atoms with E-state index in [1.807, 2.05) is 19.1 Å². The van der Waals surface area contributed by atoms with E-state index in [1.54, 1.807) is 0 Å². The fourth-order valence-corrected chi connectivity index (χ4v) is 2.64. The number of nitrogen functional groups attached to an aromatic ring is 1. The Balaban J connectivity index is 1.99. The average molecular weight is 271 g/mol. The predicted octanol–water partition coefficient (Wildman–Crippen LogP) is 2.70. The normalized spacial score (nSPS) is 11.1. The van der Waals surface area contributed by atoms with Crippen molar-refractivity contribution in [1.29, 1.82) is 0 Å². The smallest absolute Gasteiger partial charge is 0.172 e. The molecule has 3 N–H and O–H groups in total. The van der Waals surface area contributed by atoms with Crippen LogP contribution in [-0.2, 0) is 0 Å². The van der Waals surface area contributed by atoms with Crippen molar-refractivity contribution in [3.05, 3.63) is 35.7 Å². The topological polar surface area (TPSA) is 80.5 Å². The van der Waals surface area contributed by atoms with Crippen LogP contribution in [0.4, 0.5) is 5.82 Å². The second kappa shape index (κ2) is 4.55. The van der Waals surface area contributed by atoms with E-state index in [-0.39, 0.29) is 0 Å². The highest BCUT2D eigenvalue weighted by molar-refractivity contribution is 7.99. The van der Waals surface area contributed by atoms with Gasteiger partial charge in [-0.3, -0.25) is 0 Å². The molecule has 5 nitrogen and oxygen atoms in total. The molecule has 3 rings (SSSR count). The third kappa shape index (κ3) is 2.26. The van der Waals surface area contributed by atoms with Gasteiger partial charge in [-0.1, -0.05) is 6.07 Å². The molecule has 0 spiro atoms. The Bertz CT molecular complexity index is 750. The highest BCUT2D eigenvalue weighted by Crippen LogP contribution is 2.29. The largest absolute Gasteiger partial charge is 0.383 e. The van der Waals surface area contributed by atoms with Crippen LogP contribution in [0.3, 0.4) is 0 Å². The van der Waals surface area contributed by atoms with E-state index in [0.29, 0.717) is 5.82 Å². The minimum absolute atomic E-state index is 0.504. The number of nitrogens with two attached hydrogens (primary N) is 1. The Morgan fingerprint density at radius 3 is 2.89 bits per heavy atom. The first-order chi connectivity index (χ1) is 9.13. The minimum Gasteiger partial charge on any atom is -0.383 e. The summed E-state index contributed by atoms with van der Waals surface area (Å²) in [6.07, 6.45) is 1.47. The van der Waals surface area contributed by atoms with Crippen LogP contribution < -0.4 is 5.73 Å². The number of aromatic amines is 1. The molecule has 0 amide bonds. The number of nitrogens with one attached hydrogen (secondary N) is 1. The summed E-state index contributed by atoms with van der Waals surface area (Å²) in [7, 11) is 0. The van der Waals surface area contributed by atoms with Crippen LogP contribution in [0.5, 0.6) is 0 Å². The van der Waals surface area contributed by atoms with Crippen LogP contribution in [0.15, 0.2) is 34.7 Å². The van der Waals surface area contributed by atoms with Gasteiger partial charge in [-0.15, -0.1) is 0 Å². The Kier molecular flexibility index (Phi) is 2.87. The highest BCUT2D eigenvalue weighted by Gasteiger charge is 2.09. The van der Waals surface area contributed by atoms with E-state index in [9.17, 15) is 0 Å². The summed E-state index contributed by atoms with van der Waals surface area (Å²) in [5.74, 6) is 0.504. The molecule has 3 aromatic rings. The number of hydrogen-bond acceptors (Lipinski definition) is 5. The van der Waals surface area contributed by atoms with Crippen LogP contribution in [-0.4, -0.2) is 19.9 Å². The molecule has 0 aliphatic rings. The minimum atomic E-state index is 0.504. The fourth-order valence-electron chi connectivity index (χ4n) is 1.79. The number of imidazole rings is 1. The molecule has 2 heterocycles. The number of hydrogen-bond donors (Lipinski definition) is 2. The van der Waals surface area contributed by atoms with E-state index in [4.69, 9.17) is 5.73 Å². The van der Waals surface area contributed by atoms with Crippen LogP contribution in [0, 0.1) is 13.8 Å². The lowest BCUT2D eigenvalue weighted by atomic mass is 10.2. The van der Waals surface area contributed by atoms with Gasteiger partial charge in [-0.05, 0) is 43.3 Å². The second-order valence-electron chi connectivity index (χ2n) is 4.35. The van der Waals surface area contributed by atoms with Gasteiger partial charge >= 0.3 is 0 Å². The van der Waals surface area contributed by atoms with Crippen molar-refractivity contribution in [2.75, 3.05) is 5.73 Å². The van der Waals surface area contributed by atoms with Gasteiger partial charge < -0.3 is 10.7 Å². The van der Waals surface area contributed by atoms with Gasteiger partial charge in [0.1, 0.15) is 17.2 Å². The maximum atomic E-state index is 5.77. The van der Waals surface area contributed by atoms with E-state index in [0.717, 1.165) is 26.8 Å². The van der Waals surface area contributed by atoms with Crippen molar-refractivity contribution in [3.8, 4) is 0 Å². The standard InChI is InChI=1S/C13H13N5S/c1-7-3-4-9-10(5-7)18-13(17-9)19-12-8(2)11(14)15-6-16-12/h3-6H,1-2H3,(H,17,18)(H2,14,15,16). The summed E-state index contributed by atoms with van der Waals surface area (Å²) < 4.78 is 0. The van der Waals surface area contributed by atoms with Crippen LogP contribution >= 0.6 is 11.8 Å². The zero-order valence-corrected chi connectivity index (χ0v) is 11.5. The van der Waals surface area contributed by atoms with Crippen molar-refractivity contribution in [2.24, 2.45) is 0 Å². The summed E-state index contributed by atoms with van der Waals surface area (Å²) >= 11 is 1.46. The van der Waals surface area contributed by atoms with Crippen molar-refractivity contribution < 1.29 is 0 Å². The lowest BCUT2D eigenvalue weighted by molar-refractivity contribution is 0.996. The van der Waals surface area contributed by atoms with E-state index >= 15 is 0 Å². The van der Waals surface area contributed by atoms with Crippen molar-refractivity contribution in [3.63, 3.8) is 0 Å². The first-order valence-electron chi connectivity index (χ1n) is 5.85. The van der Waals surface area contributed by atoms with Crippen molar-refractivity contribution in [2.45, 2.75) is 24.0 Å². The molecule has 0 fully saturated rings. The van der Waals surface area contributed by atoms with Crippen molar-refractivity contribution >= 4 is 28.6 Å². The lowest BCUT2D eigenvalue weighted by Crippen LogP contribution is -1.97. The summed E-state index contributed by atoms with van der Waals surface area (Å²) in [5.41, 5.74) is 9.84. The lowest BCUT2D eigenvalue weighted by Gasteiger charge is -2.03. The molecular formula is C13H13N5S. The summed E-state index contributed by atoms with van der Waals surface area (Å²) in [6, 6.07) is 6.13. The highest BCUT2D eigenvalue weighted by atomic mass is 32.2. The molecule has 0 bridgehead atoms. The molecular weight excluding hydrogens is 258 g/mol. The quantitative estimate of drug-likeness (QED) is 0.700. The zero-order valence-electron chi connectivity index (χ0n) is 10.6. The van der Waals surface area contributed by atoms with E-state index in [2.05, 4.69) is 32.9 Å². The molecule has 2 aromatic heterocycles. The van der Waals surface area contributed by atoms with Gasteiger partial charge in [0, 0.05) is 5.56 Å². The van der Waals surface area contributed by atoms with Crippen LogP contribution in [0.2, 0.25) is 0 Å². The molecule has 1 aromatic carbocycles. The first-order valence-corrected chi connectivity index (χ1v) is 6.66. The van der Waals surface area contributed by atoms with Gasteiger partial charge in [0.2, 0.25) is 0 Å². The number of fused-ring (bicyclic) bond motifs is 1. The maximum Gasteiger partial charge on any atom is 0.172 e. The predicted molar refractivity (Wildman–Crippen MR) is 76.1 cm³/mol. The molecule has 6 heteroatoms. The first kappa shape index (κ1) is 12.0. The maximum absolute atomic E-state index is 5.77. The molecule has 96 valence electrons. The molecule has 0 unspecified atom stereocenters. The number of anilines is 1. The Hall–Kier alpha value is -2.08. The van der Waals surface area contributed by atoms with Gasteiger partial charge in [-0.2, -0.15) is 0 Å². The number of H-pyrrole nitrogens is 1. The summed E-state index contributed by atoms with van der Waals surface area (Å²) in [5, 5.41) is 1.63. The Labute approximate surface area is 114 Å². The van der Waals surface area contributed by atoms with E-state index in [1.165, 1.54) is 23.7 Å². The van der Waals surface area contributed by atoms with Gasteiger partial charge in [0.15, 0.2) is 5.16 Å². The third-order valence-corrected chi connectivity index (χ3v) is 3.88. The number of benzene rings is 1. The second-order valence-corrected chi connectivity index (χ2v) is 5.33. The third-order valence-electron chi connectivity index (χ3n) is 2.89. The van der Waals surface area contributed by atoms with Crippen LogP contribution in [0.1, 0.15) is 11.1 Å². The van der Waals surface area contributed by atoms with Gasteiger partial charge in [-0.25, -0.2) is 15.0 Å². The number of rotatable bonds is 2. The van der Waals surface area contributed by atoms with E-state index < -0.39 is 0 Å². The summed E-state index contributed by atoms with van der Waals surface area (Å²) in [4.78, 5) is 16.0. The fraction of sp³-hybridized carbons (Fsp3) is 0.154. The molecule has 19 heavy (non-hydrogen) atoms. The van der Waals surface area contributed by atoms with Crippen molar-refractivity contribution in [1.82, 2.24) is 19.9 Å². The Morgan fingerprint density at radius 1 is 1.21 bits per heavy atom. The SMILES string of the molecule is Cc1ccc2nc(Sc3ncnc(N)c3C)[nH]c2c1. The molecule has 0 aliphatic carbocycles. The average Bonchev–Trinajstić information content (AvgIpc) is 2.76. The summed E-state index contributed by atoms with van der Waals surface area (Å²) in [6.45, 7) is 3.97. The molecule has 0 saturated carbocycles. The molecule has 0 aliphatic heterocycles. The zero-order chi connectivity index (χ0) is 13.4. The molecule has 0 saturated heterocycles. The number of aryl methyl sites for hydroxylation is 1. The number of nitrogens with zero attached hydrogens (tertiary/aromatic N) is 3. The number of aromatic nitrogens is 4.